The number of carbonyl (C=O) groups is 1. The zero-order valence-electron chi connectivity index (χ0n) is 15.8. The van der Waals surface area contributed by atoms with Gasteiger partial charge in [-0.25, -0.2) is 14.6 Å². The topological polar surface area (TPSA) is 90.5 Å². The van der Waals surface area contributed by atoms with Crippen LogP contribution in [0.2, 0.25) is 0 Å². The van der Waals surface area contributed by atoms with Crippen LogP contribution in [0.3, 0.4) is 0 Å². The molecule has 4 rings (SSSR count). The molecule has 0 fully saturated rings. The van der Waals surface area contributed by atoms with Gasteiger partial charge in [0, 0.05) is 24.4 Å². The lowest BCUT2D eigenvalue weighted by atomic mass is 10.1. The number of carbonyl (C=O) groups excluding carboxylic acids is 1. The molecule has 0 spiro atoms. The highest BCUT2D eigenvalue weighted by atomic mass is 16.2. The van der Waals surface area contributed by atoms with E-state index in [0.29, 0.717) is 17.3 Å². The van der Waals surface area contributed by atoms with Crippen molar-refractivity contribution >= 4 is 11.7 Å². The Hall–Kier alpha value is -3.81. The van der Waals surface area contributed by atoms with E-state index in [1.807, 2.05) is 50.2 Å². The van der Waals surface area contributed by atoms with E-state index >= 15 is 0 Å². The molecule has 4 aromatic rings. The number of rotatable bonds is 4. The molecule has 0 atom stereocenters. The van der Waals surface area contributed by atoms with E-state index in [2.05, 4.69) is 25.5 Å². The molecule has 1 N–H and O–H groups in total. The predicted octanol–water partition coefficient (Wildman–Crippen LogP) is 2.93. The first kappa shape index (κ1) is 17.6. The molecule has 0 saturated carbocycles. The monoisotopic (exact) mass is 373 g/mol. The summed E-state index contributed by atoms with van der Waals surface area (Å²) in [6.45, 7) is 3.86. The first-order chi connectivity index (χ1) is 13.5. The minimum absolute atomic E-state index is 0.296. The third-order valence-corrected chi connectivity index (χ3v) is 4.30. The van der Waals surface area contributed by atoms with Crippen molar-refractivity contribution in [2.45, 2.75) is 13.8 Å². The molecule has 0 saturated heterocycles. The second-order valence-electron chi connectivity index (χ2n) is 6.46. The van der Waals surface area contributed by atoms with Gasteiger partial charge in [-0.3, -0.25) is 9.48 Å². The summed E-state index contributed by atoms with van der Waals surface area (Å²) in [4.78, 5) is 21.1. The first-order valence-corrected chi connectivity index (χ1v) is 8.78. The van der Waals surface area contributed by atoms with Crippen LogP contribution in [0, 0.1) is 13.8 Å². The average Bonchev–Trinajstić information content (AvgIpc) is 3.24. The normalized spacial score (nSPS) is 10.8. The van der Waals surface area contributed by atoms with Crippen LogP contribution in [0.5, 0.6) is 0 Å². The maximum atomic E-state index is 12.7. The molecule has 8 heteroatoms. The molecule has 28 heavy (non-hydrogen) atoms. The number of nitrogens with zero attached hydrogens (tertiary/aromatic N) is 6. The summed E-state index contributed by atoms with van der Waals surface area (Å²) in [5, 5.41) is 11.6. The van der Waals surface area contributed by atoms with Gasteiger partial charge in [0.2, 0.25) is 0 Å². The predicted molar refractivity (Wildman–Crippen MR) is 105 cm³/mol. The van der Waals surface area contributed by atoms with Gasteiger partial charge >= 0.3 is 0 Å². The molecule has 0 radical (unpaired) electrons. The van der Waals surface area contributed by atoms with Crippen LogP contribution in [-0.2, 0) is 7.05 Å². The van der Waals surface area contributed by atoms with E-state index in [9.17, 15) is 4.79 Å². The number of aryl methyl sites for hydroxylation is 3. The quantitative estimate of drug-likeness (QED) is 0.594. The Balaban J connectivity index is 1.59. The number of aromatic nitrogens is 6. The van der Waals surface area contributed by atoms with Crippen LogP contribution in [0.1, 0.15) is 21.9 Å². The van der Waals surface area contributed by atoms with Crippen molar-refractivity contribution in [2.24, 2.45) is 7.05 Å². The fourth-order valence-corrected chi connectivity index (χ4v) is 3.00. The second kappa shape index (κ2) is 7.07. The largest absolute Gasteiger partial charge is 0.305 e. The molecule has 3 heterocycles. The average molecular weight is 373 g/mol. The van der Waals surface area contributed by atoms with Crippen molar-refractivity contribution in [3.8, 4) is 17.1 Å². The van der Waals surface area contributed by atoms with Gasteiger partial charge in [-0.15, -0.1) is 0 Å². The summed E-state index contributed by atoms with van der Waals surface area (Å²) >= 11 is 0. The Morgan fingerprint density at radius 1 is 1.00 bits per heavy atom. The summed E-state index contributed by atoms with van der Waals surface area (Å²) in [6.07, 6.45) is 1.40. The zero-order valence-corrected chi connectivity index (χ0v) is 15.8. The van der Waals surface area contributed by atoms with Gasteiger partial charge in [-0.1, -0.05) is 30.3 Å². The standard InChI is InChI=1S/C20H19N7O/c1-13-9-14(2)27(24-13)19-11-18(21-12-22-19)23-20(28)17-10-16(25-26(17)3)15-7-5-4-6-8-15/h4-12H,1-3H3,(H,21,22,23,28). The number of anilines is 1. The molecule has 0 bridgehead atoms. The number of hydrogen-bond donors (Lipinski definition) is 1. The zero-order chi connectivity index (χ0) is 19.7. The van der Waals surface area contributed by atoms with E-state index in [-0.39, 0.29) is 5.91 Å². The van der Waals surface area contributed by atoms with Gasteiger partial charge in [0.15, 0.2) is 5.82 Å². The Kier molecular flexibility index (Phi) is 4.44. The van der Waals surface area contributed by atoms with Crippen LogP contribution in [0.15, 0.2) is 54.9 Å². The van der Waals surface area contributed by atoms with Crippen molar-refractivity contribution in [3.63, 3.8) is 0 Å². The van der Waals surface area contributed by atoms with Gasteiger partial charge in [0.25, 0.3) is 5.91 Å². The molecule has 0 aliphatic carbocycles. The van der Waals surface area contributed by atoms with Crippen LogP contribution in [-0.4, -0.2) is 35.4 Å². The molecule has 0 aliphatic rings. The smallest absolute Gasteiger partial charge is 0.275 e. The van der Waals surface area contributed by atoms with Crippen LogP contribution < -0.4 is 5.32 Å². The van der Waals surface area contributed by atoms with E-state index in [1.165, 1.54) is 6.33 Å². The molecule has 1 amide bonds. The van der Waals surface area contributed by atoms with Gasteiger partial charge in [0.1, 0.15) is 17.8 Å². The molecule has 1 aromatic carbocycles. The van der Waals surface area contributed by atoms with Crippen LogP contribution >= 0.6 is 0 Å². The number of benzene rings is 1. The highest BCUT2D eigenvalue weighted by Gasteiger charge is 2.16. The lowest BCUT2D eigenvalue weighted by molar-refractivity contribution is 0.101. The lowest BCUT2D eigenvalue weighted by Gasteiger charge is -2.07. The van der Waals surface area contributed by atoms with E-state index in [1.54, 1.807) is 28.5 Å². The first-order valence-electron chi connectivity index (χ1n) is 8.78. The van der Waals surface area contributed by atoms with Gasteiger partial charge < -0.3 is 5.32 Å². The Bertz CT molecular complexity index is 1140. The van der Waals surface area contributed by atoms with E-state index < -0.39 is 0 Å². The molecule has 8 nitrogen and oxygen atoms in total. The van der Waals surface area contributed by atoms with Crippen LogP contribution in [0.4, 0.5) is 5.82 Å². The van der Waals surface area contributed by atoms with E-state index in [0.717, 1.165) is 22.6 Å². The fourth-order valence-electron chi connectivity index (χ4n) is 3.00. The van der Waals surface area contributed by atoms with E-state index in [4.69, 9.17) is 0 Å². The van der Waals surface area contributed by atoms with Crippen molar-refractivity contribution in [1.29, 1.82) is 0 Å². The summed E-state index contributed by atoms with van der Waals surface area (Å²) < 4.78 is 3.27. The highest BCUT2D eigenvalue weighted by molar-refractivity contribution is 6.03. The summed E-state index contributed by atoms with van der Waals surface area (Å²) in [6, 6.07) is 15.1. The molecule has 0 unspecified atom stereocenters. The Morgan fingerprint density at radius 2 is 1.79 bits per heavy atom. The SMILES string of the molecule is Cc1cc(C)n(-c2cc(NC(=O)c3cc(-c4ccccc4)nn3C)ncn2)n1. The molecule has 140 valence electrons. The maximum absolute atomic E-state index is 12.7. The molecular formula is C20H19N7O. The minimum atomic E-state index is -0.296. The molecule has 3 aromatic heterocycles. The number of nitrogens with one attached hydrogen (secondary N) is 1. The second-order valence-corrected chi connectivity index (χ2v) is 6.46. The Labute approximate surface area is 161 Å². The lowest BCUT2D eigenvalue weighted by Crippen LogP contribution is -2.17. The van der Waals surface area contributed by atoms with Gasteiger partial charge in [-0.2, -0.15) is 10.2 Å². The number of amides is 1. The van der Waals surface area contributed by atoms with Gasteiger partial charge in [-0.05, 0) is 26.0 Å². The third-order valence-electron chi connectivity index (χ3n) is 4.30. The summed E-state index contributed by atoms with van der Waals surface area (Å²) in [7, 11) is 1.74. The van der Waals surface area contributed by atoms with Crippen molar-refractivity contribution < 1.29 is 4.79 Å². The van der Waals surface area contributed by atoms with Crippen molar-refractivity contribution in [1.82, 2.24) is 29.5 Å². The maximum Gasteiger partial charge on any atom is 0.275 e. The summed E-state index contributed by atoms with van der Waals surface area (Å²) in [5.41, 5.74) is 3.97. The minimum Gasteiger partial charge on any atom is -0.305 e. The van der Waals surface area contributed by atoms with Crippen molar-refractivity contribution in [3.05, 3.63) is 71.9 Å². The van der Waals surface area contributed by atoms with Crippen molar-refractivity contribution in [2.75, 3.05) is 5.32 Å². The highest BCUT2D eigenvalue weighted by Crippen LogP contribution is 2.19. The molecular weight excluding hydrogens is 354 g/mol. The summed E-state index contributed by atoms with van der Waals surface area (Å²) in [5.74, 6) is 0.686. The Morgan fingerprint density at radius 3 is 2.50 bits per heavy atom. The fraction of sp³-hybridized carbons (Fsp3) is 0.150. The molecule has 0 aliphatic heterocycles. The number of hydrogen-bond acceptors (Lipinski definition) is 5. The third kappa shape index (κ3) is 3.39. The van der Waals surface area contributed by atoms with Crippen LogP contribution in [0.25, 0.3) is 17.1 Å². The van der Waals surface area contributed by atoms with Gasteiger partial charge in [0.05, 0.1) is 11.4 Å².